The van der Waals surface area contributed by atoms with Crippen molar-refractivity contribution >= 4 is 27.0 Å². The number of rotatable bonds is 5. The number of nitrogens with zero attached hydrogens (tertiary/aromatic N) is 2. The van der Waals surface area contributed by atoms with Crippen molar-refractivity contribution in [1.29, 1.82) is 0 Å². The third-order valence-corrected chi connectivity index (χ3v) is 5.78. The molecule has 0 aliphatic carbocycles. The van der Waals surface area contributed by atoms with Crippen LogP contribution in [0.25, 0.3) is 0 Å². The quantitative estimate of drug-likeness (QED) is 0.877. The van der Waals surface area contributed by atoms with E-state index in [2.05, 4.69) is 9.82 Å². The van der Waals surface area contributed by atoms with Crippen molar-refractivity contribution in [3.63, 3.8) is 0 Å². The topological polar surface area (TPSA) is 90.0 Å². The lowest BCUT2D eigenvalue weighted by Gasteiger charge is -2.09. The van der Waals surface area contributed by atoms with Crippen molar-refractivity contribution in [2.75, 3.05) is 4.72 Å². The van der Waals surface area contributed by atoms with Gasteiger partial charge in [0.15, 0.2) is 0 Å². The molecule has 2 aromatic rings. The molecular weight excluding hydrogens is 296 g/mol. The lowest BCUT2D eigenvalue weighted by Crippen LogP contribution is -2.16. The smallest absolute Gasteiger partial charge is 0.263 e. The second-order valence-corrected chi connectivity index (χ2v) is 7.08. The monoisotopic (exact) mass is 314 g/mol. The van der Waals surface area contributed by atoms with Gasteiger partial charge in [0.05, 0.1) is 11.4 Å². The zero-order valence-electron chi connectivity index (χ0n) is 11.7. The minimum absolute atomic E-state index is 0.211. The van der Waals surface area contributed by atoms with E-state index in [9.17, 15) is 8.42 Å². The predicted molar refractivity (Wildman–Crippen MR) is 80.3 cm³/mol. The Morgan fingerprint density at radius 3 is 2.80 bits per heavy atom. The molecule has 0 fully saturated rings. The zero-order chi connectivity index (χ0) is 14.9. The molecule has 8 heteroatoms. The Hall–Kier alpha value is -1.38. The van der Waals surface area contributed by atoms with Crippen LogP contribution in [0.3, 0.4) is 0 Å². The Kier molecular flexibility index (Phi) is 4.17. The Bertz CT molecular complexity index is 716. The molecule has 0 saturated carbocycles. The van der Waals surface area contributed by atoms with Gasteiger partial charge in [-0.25, -0.2) is 8.42 Å². The number of sulfonamides is 1. The molecule has 0 aromatic carbocycles. The van der Waals surface area contributed by atoms with Crippen molar-refractivity contribution in [2.24, 2.45) is 12.8 Å². The Labute approximate surface area is 122 Å². The molecule has 110 valence electrons. The maximum absolute atomic E-state index is 12.5. The van der Waals surface area contributed by atoms with Gasteiger partial charge in [-0.15, -0.1) is 11.3 Å². The molecule has 6 nitrogen and oxygen atoms in total. The largest absolute Gasteiger partial charge is 0.326 e. The first kappa shape index (κ1) is 15.0. The minimum atomic E-state index is -3.64. The van der Waals surface area contributed by atoms with Crippen LogP contribution in [0.1, 0.15) is 23.1 Å². The molecule has 0 spiro atoms. The molecule has 0 amide bonds. The Balaban J connectivity index is 2.43. The maximum Gasteiger partial charge on any atom is 0.263 e. The molecule has 0 aliphatic heterocycles. The van der Waals surface area contributed by atoms with Gasteiger partial charge in [-0.2, -0.15) is 5.10 Å². The summed E-state index contributed by atoms with van der Waals surface area (Å²) in [6.45, 7) is 3.91. The third kappa shape index (κ3) is 2.72. The summed E-state index contributed by atoms with van der Waals surface area (Å²) in [5.74, 6) is 0. The highest BCUT2D eigenvalue weighted by Crippen LogP contribution is 2.29. The number of nitrogens with one attached hydrogen (secondary N) is 1. The van der Waals surface area contributed by atoms with E-state index >= 15 is 0 Å². The predicted octanol–water partition coefficient (Wildman–Crippen LogP) is 1.61. The average Bonchev–Trinajstić information content (AvgIpc) is 2.91. The number of nitrogens with two attached hydrogens (primary N) is 1. The summed E-state index contributed by atoms with van der Waals surface area (Å²) < 4.78 is 29.3. The van der Waals surface area contributed by atoms with Crippen molar-refractivity contribution in [3.8, 4) is 0 Å². The van der Waals surface area contributed by atoms with Crippen LogP contribution in [0.4, 0.5) is 5.69 Å². The minimum Gasteiger partial charge on any atom is -0.326 e. The van der Waals surface area contributed by atoms with E-state index in [4.69, 9.17) is 5.73 Å². The van der Waals surface area contributed by atoms with E-state index in [-0.39, 0.29) is 11.4 Å². The lowest BCUT2D eigenvalue weighted by molar-refractivity contribution is 0.600. The number of thiophene rings is 1. The van der Waals surface area contributed by atoms with Crippen molar-refractivity contribution in [1.82, 2.24) is 9.78 Å². The molecule has 0 unspecified atom stereocenters. The molecule has 0 atom stereocenters. The molecule has 0 aliphatic rings. The van der Waals surface area contributed by atoms with Gasteiger partial charge in [-0.3, -0.25) is 9.40 Å². The van der Waals surface area contributed by atoms with Gasteiger partial charge >= 0.3 is 0 Å². The standard InChI is InChI=1S/C12H18N4O2S2/c1-4-9-10(6-16(3)14-9)15-20(17,18)12-8(2)7-19-11(12)5-13/h6-7,15H,4-5,13H2,1-3H3. The van der Waals surface area contributed by atoms with Crippen molar-refractivity contribution in [3.05, 3.63) is 27.7 Å². The van der Waals surface area contributed by atoms with E-state index in [1.165, 1.54) is 11.3 Å². The number of aryl methyl sites for hydroxylation is 3. The third-order valence-electron chi connectivity index (χ3n) is 2.93. The van der Waals surface area contributed by atoms with Gasteiger partial charge in [-0.05, 0) is 24.3 Å². The highest BCUT2D eigenvalue weighted by atomic mass is 32.2. The first-order valence-corrected chi connectivity index (χ1v) is 8.57. The summed E-state index contributed by atoms with van der Waals surface area (Å²) >= 11 is 1.36. The molecule has 2 rings (SSSR count). The number of hydrogen-bond donors (Lipinski definition) is 2. The summed E-state index contributed by atoms with van der Waals surface area (Å²) in [6, 6.07) is 0. The van der Waals surface area contributed by atoms with Crippen molar-refractivity contribution in [2.45, 2.75) is 31.7 Å². The van der Waals surface area contributed by atoms with Gasteiger partial charge in [0.25, 0.3) is 10.0 Å². The molecule has 0 bridgehead atoms. The van der Waals surface area contributed by atoms with Gasteiger partial charge in [-0.1, -0.05) is 6.92 Å². The average molecular weight is 314 g/mol. The normalized spacial score (nSPS) is 11.8. The summed E-state index contributed by atoms with van der Waals surface area (Å²) in [6.07, 6.45) is 2.32. The molecular formula is C12H18N4O2S2. The van der Waals surface area contributed by atoms with Crippen molar-refractivity contribution < 1.29 is 8.42 Å². The number of anilines is 1. The molecule has 20 heavy (non-hydrogen) atoms. The molecule has 2 aromatic heterocycles. The summed E-state index contributed by atoms with van der Waals surface area (Å²) in [5.41, 5.74) is 7.57. The van der Waals surface area contributed by atoms with Crippen LogP contribution < -0.4 is 10.5 Å². The lowest BCUT2D eigenvalue weighted by atomic mass is 10.3. The van der Waals surface area contributed by atoms with Gasteiger partial charge in [0, 0.05) is 24.7 Å². The van der Waals surface area contributed by atoms with Crippen LogP contribution >= 0.6 is 11.3 Å². The van der Waals surface area contributed by atoms with Crippen LogP contribution in [-0.2, 0) is 30.0 Å². The van der Waals surface area contributed by atoms with E-state index in [0.29, 0.717) is 22.5 Å². The maximum atomic E-state index is 12.5. The van der Waals surface area contributed by atoms with Crippen LogP contribution in [0.15, 0.2) is 16.5 Å². The molecule has 2 heterocycles. The SMILES string of the molecule is CCc1nn(C)cc1NS(=O)(=O)c1c(C)csc1CN. The molecule has 0 saturated heterocycles. The summed E-state index contributed by atoms with van der Waals surface area (Å²) in [5, 5.41) is 6.03. The zero-order valence-corrected chi connectivity index (χ0v) is 13.3. The van der Waals surface area contributed by atoms with E-state index in [1.807, 2.05) is 6.92 Å². The second-order valence-electron chi connectivity index (χ2n) is 4.50. The van der Waals surface area contributed by atoms with E-state index in [0.717, 1.165) is 5.69 Å². The van der Waals surface area contributed by atoms with Gasteiger partial charge < -0.3 is 5.73 Å². The fourth-order valence-corrected chi connectivity index (χ4v) is 4.84. The number of aromatic nitrogens is 2. The highest BCUT2D eigenvalue weighted by molar-refractivity contribution is 7.93. The Morgan fingerprint density at radius 2 is 2.20 bits per heavy atom. The molecule has 3 N–H and O–H groups in total. The summed E-state index contributed by atoms with van der Waals surface area (Å²) in [4.78, 5) is 0.952. The van der Waals surface area contributed by atoms with Crippen LogP contribution in [-0.4, -0.2) is 18.2 Å². The Morgan fingerprint density at radius 1 is 1.50 bits per heavy atom. The molecule has 0 radical (unpaired) electrons. The van der Waals surface area contributed by atoms with Crippen LogP contribution in [0.2, 0.25) is 0 Å². The second kappa shape index (κ2) is 5.55. The van der Waals surface area contributed by atoms with Gasteiger partial charge in [0.2, 0.25) is 0 Å². The van der Waals surface area contributed by atoms with Crippen LogP contribution in [0, 0.1) is 6.92 Å². The summed E-state index contributed by atoms with van der Waals surface area (Å²) in [7, 11) is -1.87. The van der Waals surface area contributed by atoms with E-state index < -0.39 is 10.0 Å². The fourth-order valence-electron chi connectivity index (χ4n) is 2.07. The first-order valence-electron chi connectivity index (χ1n) is 6.21. The fraction of sp³-hybridized carbons (Fsp3) is 0.417. The van der Waals surface area contributed by atoms with Crippen LogP contribution in [0.5, 0.6) is 0 Å². The number of hydrogen-bond acceptors (Lipinski definition) is 5. The highest BCUT2D eigenvalue weighted by Gasteiger charge is 2.24. The van der Waals surface area contributed by atoms with E-state index in [1.54, 1.807) is 30.2 Å². The van der Waals surface area contributed by atoms with Gasteiger partial charge in [0.1, 0.15) is 4.90 Å². The first-order chi connectivity index (χ1) is 9.39.